The summed E-state index contributed by atoms with van der Waals surface area (Å²) >= 11 is 1.60. The van der Waals surface area contributed by atoms with Crippen LogP contribution in [0.3, 0.4) is 0 Å². The Bertz CT molecular complexity index is 671. The van der Waals surface area contributed by atoms with E-state index in [1.807, 2.05) is 35.0 Å². The summed E-state index contributed by atoms with van der Waals surface area (Å²) in [6, 6.07) is 9.21. The van der Waals surface area contributed by atoms with Crippen molar-refractivity contribution in [3.63, 3.8) is 0 Å². The van der Waals surface area contributed by atoms with Gasteiger partial charge in [0.2, 0.25) is 5.91 Å². The van der Waals surface area contributed by atoms with Crippen LogP contribution in [0.2, 0.25) is 0 Å². The van der Waals surface area contributed by atoms with Gasteiger partial charge in [-0.2, -0.15) is 11.3 Å². The van der Waals surface area contributed by atoms with Gasteiger partial charge in [-0.15, -0.1) is 0 Å². The van der Waals surface area contributed by atoms with Crippen LogP contribution in [0, 0.1) is 0 Å². The largest absolute Gasteiger partial charge is 0.312 e. The van der Waals surface area contributed by atoms with Gasteiger partial charge in [0.15, 0.2) is 5.78 Å². The maximum absolute atomic E-state index is 12.1. The van der Waals surface area contributed by atoms with E-state index < -0.39 is 0 Å². The fraction of sp³-hybridized carbons (Fsp3) is 0.176. The molecule has 3 rings (SSSR count). The van der Waals surface area contributed by atoms with E-state index in [-0.39, 0.29) is 11.7 Å². The van der Waals surface area contributed by atoms with Crippen LogP contribution in [0.5, 0.6) is 0 Å². The number of thiophene rings is 1. The molecule has 0 spiro atoms. The smallest absolute Gasteiger partial charge is 0.227 e. The minimum absolute atomic E-state index is 0.0273. The van der Waals surface area contributed by atoms with Crippen molar-refractivity contribution in [1.29, 1.82) is 0 Å². The van der Waals surface area contributed by atoms with Crippen LogP contribution in [0.4, 0.5) is 5.69 Å². The van der Waals surface area contributed by atoms with Crippen molar-refractivity contribution in [3.8, 4) is 0 Å². The van der Waals surface area contributed by atoms with Gasteiger partial charge >= 0.3 is 0 Å². The Labute approximate surface area is 127 Å². The lowest BCUT2D eigenvalue weighted by molar-refractivity contribution is -0.117. The van der Waals surface area contributed by atoms with Gasteiger partial charge < -0.3 is 4.90 Å². The van der Waals surface area contributed by atoms with Gasteiger partial charge in [-0.25, -0.2) is 0 Å². The molecule has 21 heavy (non-hydrogen) atoms. The molecule has 0 aliphatic carbocycles. The number of carbonyl (C=O) groups is 2. The summed E-state index contributed by atoms with van der Waals surface area (Å²) < 4.78 is 0. The second-order valence-corrected chi connectivity index (χ2v) is 5.73. The van der Waals surface area contributed by atoms with E-state index in [0.717, 1.165) is 24.2 Å². The molecule has 1 aromatic heterocycles. The fourth-order valence-corrected chi connectivity index (χ4v) is 2.99. The molecule has 0 N–H and O–H groups in total. The molecule has 0 unspecified atom stereocenters. The van der Waals surface area contributed by atoms with Crippen molar-refractivity contribution >= 4 is 34.8 Å². The Hall–Kier alpha value is -2.20. The van der Waals surface area contributed by atoms with Crippen LogP contribution < -0.4 is 4.90 Å². The van der Waals surface area contributed by atoms with Crippen LogP contribution in [0.15, 0.2) is 47.2 Å². The van der Waals surface area contributed by atoms with Crippen molar-refractivity contribution in [2.24, 2.45) is 0 Å². The Kier molecular flexibility index (Phi) is 3.97. The zero-order chi connectivity index (χ0) is 14.7. The molecule has 0 bridgehead atoms. The monoisotopic (exact) mass is 297 g/mol. The average molecular weight is 297 g/mol. The minimum atomic E-state index is -0.0273. The third-order valence-electron chi connectivity index (χ3n) is 3.51. The van der Waals surface area contributed by atoms with Gasteiger partial charge in [-0.05, 0) is 59.2 Å². The topological polar surface area (TPSA) is 37.4 Å². The number of amides is 1. The zero-order valence-electron chi connectivity index (χ0n) is 11.5. The summed E-state index contributed by atoms with van der Waals surface area (Å²) in [5.41, 5.74) is 2.54. The number of carbonyl (C=O) groups excluding carboxylic acids is 2. The molecule has 1 saturated heterocycles. The third-order valence-corrected chi connectivity index (χ3v) is 4.21. The fourth-order valence-electron chi connectivity index (χ4n) is 2.36. The number of benzene rings is 1. The van der Waals surface area contributed by atoms with E-state index in [2.05, 4.69) is 0 Å². The summed E-state index contributed by atoms with van der Waals surface area (Å²) in [5, 5.41) is 3.97. The maximum atomic E-state index is 12.1. The molecule has 2 heterocycles. The molecule has 4 heteroatoms. The van der Waals surface area contributed by atoms with Gasteiger partial charge in [-0.3, -0.25) is 9.59 Å². The highest BCUT2D eigenvalue weighted by Gasteiger charge is 2.21. The van der Waals surface area contributed by atoms with Crippen LogP contribution in [-0.4, -0.2) is 18.2 Å². The molecule has 1 aliphatic heterocycles. The lowest BCUT2D eigenvalue weighted by Crippen LogP contribution is -2.23. The normalized spacial score (nSPS) is 15.0. The lowest BCUT2D eigenvalue weighted by Gasteiger charge is -2.15. The minimum Gasteiger partial charge on any atom is -0.312 e. The lowest BCUT2D eigenvalue weighted by atomic mass is 10.1. The molecular formula is C17H15NO2S. The molecule has 0 radical (unpaired) electrons. The third kappa shape index (κ3) is 3.11. The van der Waals surface area contributed by atoms with Crippen LogP contribution in [-0.2, 0) is 4.79 Å². The molecular weight excluding hydrogens is 282 g/mol. The van der Waals surface area contributed by atoms with Crippen molar-refractivity contribution in [2.75, 3.05) is 11.4 Å². The number of rotatable bonds is 4. The van der Waals surface area contributed by atoms with Gasteiger partial charge in [0.1, 0.15) is 0 Å². The predicted octanol–water partition coefficient (Wildman–Crippen LogP) is 3.77. The second kappa shape index (κ2) is 6.06. The molecule has 1 aliphatic rings. The number of nitrogens with zero attached hydrogens (tertiary/aromatic N) is 1. The van der Waals surface area contributed by atoms with E-state index in [1.54, 1.807) is 34.4 Å². The number of hydrogen-bond donors (Lipinski definition) is 0. The molecule has 1 fully saturated rings. The molecule has 2 aromatic rings. The predicted molar refractivity (Wildman–Crippen MR) is 85.7 cm³/mol. The first kappa shape index (κ1) is 13.8. The zero-order valence-corrected chi connectivity index (χ0v) is 12.3. The Morgan fingerprint density at radius 3 is 2.62 bits per heavy atom. The second-order valence-electron chi connectivity index (χ2n) is 4.95. The van der Waals surface area contributed by atoms with E-state index in [9.17, 15) is 9.59 Å². The van der Waals surface area contributed by atoms with Gasteiger partial charge in [0.05, 0.1) is 0 Å². The number of allylic oxidation sites excluding steroid dienone is 1. The van der Waals surface area contributed by atoms with E-state index >= 15 is 0 Å². The summed E-state index contributed by atoms with van der Waals surface area (Å²) in [6.45, 7) is 0.768. The van der Waals surface area contributed by atoms with Crippen molar-refractivity contribution < 1.29 is 9.59 Å². The summed E-state index contributed by atoms with van der Waals surface area (Å²) in [6.07, 6.45) is 4.92. The Morgan fingerprint density at radius 1 is 1.19 bits per heavy atom. The Morgan fingerprint density at radius 2 is 2.00 bits per heavy atom. The molecule has 1 amide bonds. The number of ketones is 1. The van der Waals surface area contributed by atoms with Crippen LogP contribution in [0.1, 0.15) is 28.8 Å². The maximum Gasteiger partial charge on any atom is 0.227 e. The Balaban J connectivity index is 1.71. The van der Waals surface area contributed by atoms with E-state index in [0.29, 0.717) is 12.0 Å². The quantitative estimate of drug-likeness (QED) is 0.636. The van der Waals surface area contributed by atoms with E-state index in [4.69, 9.17) is 0 Å². The van der Waals surface area contributed by atoms with Crippen molar-refractivity contribution in [2.45, 2.75) is 12.8 Å². The highest BCUT2D eigenvalue weighted by atomic mass is 32.1. The molecule has 0 saturated carbocycles. The molecule has 1 aromatic carbocycles. The molecule has 0 atom stereocenters. The van der Waals surface area contributed by atoms with Crippen molar-refractivity contribution in [1.82, 2.24) is 0 Å². The summed E-state index contributed by atoms with van der Waals surface area (Å²) in [5.74, 6) is 0.131. The molecule has 3 nitrogen and oxygen atoms in total. The number of hydrogen-bond acceptors (Lipinski definition) is 3. The van der Waals surface area contributed by atoms with Crippen molar-refractivity contribution in [3.05, 3.63) is 58.3 Å². The SMILES string of the molecule is O=C(C=Cc1ccsc1)c1ccc(N2CCCC2=O)cc1. The first-order valence-electron chi connectivity index (χ1n) is 6.89. The van der Waals surface area contributed by atoms with Crippen LogP contribution >= 0.6 is 11.3 Å². The highest BCUT2D eigenvalue weighted by molar-refractivity contribution is 7.08. The molecule has 106 valence electrons. The standard InChI is InChI=1S/C17H15NO2S/c19-16(8-3-13-9-11-21-12-13)14-4-6-15(7-5-14)18-10-1-2-17(18)20/h3-9,11-12H,1-2,10H2. The number of anilines is 1. The van der Waals surface area contributed by atoms with Gasteiger partial charge in [-0.1, -0.05) is 6.08 Å². The first-order chi connectivity index (χ1) is 10.2. The summed E-state index contributed by atoms with van der Waals surface area (Å²) in [7, 11) is 0. The van der Waals surface area contributed by atoms with Crippen LogP contribution in [0.25, 0.3) is 6.08 Å². The average Bonchev–Trinajstić information content (AvgIpc) is 3.16. The van der Waals surface area contributed by atoms with E-state index in [1.165, 1.54) is 0 Å². The first-order valence-corrected chi connectivity index (χ1v) is 7.83. The highest BCUT2D eigenvalue weighted by Crippen LogP contribution is 2.21. The van der Waals surface area contributed by atoms with Gasteiger partial charge in [0, 0.05) is 24.2 Å². The summed E-state index contributed by atoms with van der Waals surface area (Å²) in [4.78, 5) is 25.5. The van der Waals surface area contributed by atoms with Gasteiger partial charge in [0.25, 0.3) is 0 Å².